The molecule has 9 heteroatoms. The molecule has 2 N–H and O–H groups in total. The zero-order chi connectivity index (χ0) is 21.8. The Morgan fingerprint density at radius 1 is 1.23 bits per heavy atom. The maximum atomic E-state index is 14.2. The number of likely N-dealkylation sites (N-methyl/N-ethyl adjacent to an activating group) is 1. The van der Waals surface area contributed by atoms with E-state index in [0.717, 1.165) is 17.8 Å². The fourth-order valence-corrected chi connectivity index (χ4v) is 4.39. The lowest BCUT2D eigenvalue weighted by Gasteiger charge is -2.45. The number of carbonyl (C=O) groups excluding carboxylic acids is 1. The second kappa shape index (κ2) is 7.23. The van der Waals surface area contributed by atoms with E-state index in [2.05, 4.69) is 46.3 Å². The summed E-state index contributed by atoms with van der Waals surface area (Å²) >= 11 is 0. The van der Waals surface area contributed by atoms with Gasteiger partial charge in [-0.1, -0.05) is 0 Å². The second-order valence-electron chi connectivity index (χ2n) is 9.05. The standard InChI is InChI=1S/C21H30FN7O/c1-12-7-8-16(22)19(23-12)24-18-15-11-29(21(4,5)17(15)25-26-18)20(30)28-10-13(2)27(6)9-14(28)3/h7-8,13-14H,9-11H2,1-6H3,(H2,23,24,25,26)/t13-,14+/m1/s1. The van der Waals surface area contributed by atoms with Gasteiger partial charge in [-0.15, -0.1) is 0 Å². The molecular formula is C21H30FN7O. The number of aromatic nitrogens is 3. The Morgan fingerprint density at radius 3 is 2.70 bits per heavy atom. The third-order valence-corrected chi connectivity index (χ3v) is 6.47. The van der Waals surface area contributed by atoms with Crippen LogP contribution in [0.25, 0.3) is 0 Å². The van der Waals surface area contributed by atoms with Crippen molar-refractivity contribution in [3.63, 3.8) is 0 Å². The average molecular weight is 416 g/mol. The number of fused-ring (bicyclic) bond motifs is 1. The molecule has 0 aromatic carbocycles. The molecule has 1 fully saturated rings. The van der Waals surface area contributed by atoms with E-state index in [9.17, 15) is 9.18 Å². The summed E-state index contributed by atoms with van der Waals surface area (Å²) in [5.74, 6) is 0.196. The fourth-order valence-electron chi connectivity index (χ4n) is 4.39. The quantitative estimate of drug-likeness (QED) is 0.787. The summed E-state index contributed by atoms with van der Waals surface area (Å²) in [7, 11) is 2.09. The van der Waals surface area contributed by atoms with Crippen LogP contribution in [0.4, 0.5) is 20.8 Å². The highest BCUT2D eigenvalue weighted by Gasteiger charge is 2.46. The van der Waals surface area contributed by atoms with Crippen LogP contribution in [-0.2, 0) is 12.1 Å². The van der Waals surface area contributed by atoms with Crippen LogP contribution in [0.5, 0.6) is 0 Å². The number of urea groups is 1. The molecule has 0 unspecified atom stereocenters. The van der Waals surface area contributed by atoms with Crippen molar-refractivity contribution in [2.45, 2.75) is 58.8 Å². The van der Waals surface area contributed by atoms with E-state index in [0.29, 0.717) is 30.6 Å². The summed E-state index contributed by atoms with van der Waals surface area (Å²) in [6, 6.07) is 3.46. The van der Waals surface area contributed by atoms with Gasteiger partial charge in [0.25, 0.3) is 0 Å². The third-order valence-electron chi connectivity index (χ3n) is 6.47. The van der Waals surface area contributed by atoms with Crippen LogP contribution in [0.1, 0.15) is 44.6 Å². The molecule has 2 aromatic rings. The first-order valence-corrected chi connectivity index (χ1v) is 10.4. The number of aromatic amines is 1. The number of pyridine rings is 1. The van der Waals surface area contributed by atoms with Gasteiger partial charge >= 0.3 is 6.03 Å². The Morgan fingerprint density at radius 2 is 1.97 bits per heavy atom. The first-order valence-electron chi connectivity index (χ1n) is 10.4. The van der Waals surface area contributed by atoms with Gasteiger partial charge in [-0.2, -0.15) is 5.10 Å². The number of nitrogens with one attached hydrogen (secondary N) is 2. The summed E-state index contributed by atoms with van der Waals surface area (Å²) in [4.78, 5) is 23.9. The first-order chi connectivity index (χ1) is 14.1. The van der Waals surface area contributed by atoms with E-state index in [1.165, 1.54) is 6.07 Å². The molecule has 2 amide bonds. The number of amides is 2. The van der Waals surface area contributed by atoms with Crippen LogP contribution < -0.4 is 5.32 Å². The van der Waals surface area contributed by atoms with Crippen molar-refractivity contribution in [3.8, 4) is 0 Å². The maximum Gasteiger partial charge on any atom is 0.321 e. The molecule has 2 atom stereocenters. The molecule has 2 aromatic heterocycles. The van der Waals surface area contributed by atoms with Crippen molar-refractivity contribution >= 4 is 17.7 Å². The molecule has 0 aliphatic carbocycles. The Bertz CT molecular complexity index is 972. The van der Waals surface area contributed by atoms with Crippen molar-refractivity contribution in [2.24, 2.45) is 0 Å². The highest BCUT2D eigenvalue weighted by Crippen LogP contribution is 2.42. The van der Waals surface area contributed by atoms with Gasteiger partial charge in [0.2, 0.25) is 0 Å². The number of rotatable bonds is 2. The van der Waals surface area contributed by atoms with E-state index in [1.54, 1.807) is 13.0 Å². The normalized spacial score (nSPS) is 23.6. The molecule has 0 radical (unpaired) electrons. The molecule has 162 valence electrons. The molecule has 1 saturated heterocycles. The van der Waals surface area contributed by atoms with Gasteiger partial charge < -0.3 is 15.1 Å². The molecule has 0 saturated carbocycles. The molecule has 30 heavy (non-hydrogen) atoms. The lowest BCUT2D eigenvalue weighted by Crippen LogP contribution is -2.60. The van der Waals surface area contributed by atoms with Gasteiger partial charge in [0.15, 0.2) is 17.5 Å². The number of H-pyrrole nitrogens is 1. The molecule has 2 aliphatic rings. The maximum absolute atomic E-state index is 14.2. The number of piperazine rings is 1. The predicted molar refractivity (Wildman–Crippen MR) is 113 cm³/mol. The Kier molecular flexibility index (Phi) is 4.96. The minimum atomic E-state index is -0.551. The number of carbonyl (C=O) groups is 1. The van der Waals surface area contributed by atoms with Gasteiger partial charge in [0, 0.05) is 36.4 Å². The molecule has 0 bridgehead atoms. The average Bonchev–Trinajstić information content (AvgIpc) is 3.19. The van der Waals surface area contributed by atoms with Gasteiger partial charge in [-0.25, -0.2) is 14.2 Å². The zero-order valence-electron chi connectivity index (χ0n) is 18.5. The van der Waals surface area contributed by atoms with E-state index in [4.69, 9.17) is 0 Å². The van der Waals surface area contributed by atoms with Crippen LogP contribution in [0.3, 0.4) is 0 Å². The predicted octanol–water partition coefficient (Wildman–Crippen LogP) is 3.19. The highest BCUT2D eigenvalue weighted by molar-refractivity contribution is 5.78. The molecule has 0 spiro atoms. The lowest BCUT2D eigenvalue weighted by atomic mass is 10.0. The number of hydrogen-bond acceptors (Lipinski definition) is 5. The fraction of sp³-hybridized carbons (Fsp3) is 0.571. The lowest BCUT2D eigenvalue weighted by molar-refractivity contribution is 0.0457. The van der Waals surface area contributed by atoms with Crippen LogP contribution >= 0.6 is 0 Å². The van der Waals surface area contributed by atoms with Crippen LogP contribution in [0, 0.1) is 12.7 Å². The van der Waals surface area contributed by atoms with Crippen molar-refractivity contribution < 1.29 is 9.18 Å². The summed E-state index contributed by atoms with van der Waals surface area (Å²) in [5.41, 5.74) is 1.89. The number of nitrogens with zero attached hydrogens (tertiary/aromatic N) is 5. The van der Waals surface area contributed by atoms with E-state index in [-0.39, 0.29) is 17.9 Å². The monoisotopic (exact) mass is 415 g/mol. The van der Waals surface area contributed by atoms with Gasteiger partial charge in [-0.05, 0) is 53.8 Å². The van der Waals surface area contributed by atoms with Crippen molar-refractivity contribution in [2.75, 3.05) is 25.5 Å². The summed E-state index contributed by atoms with van der Waals surface area (Å²) in [6.07, 6.45) is 0. The van der Waals surface area contributed by atoms with Crippen molar-refractivity contribution in [3.05, 3.63) is 34.9 Å². The Labute approximate surface area is 176 Å². The summed E-state index contributed by atoms with van der Waals surface area (Å²) < 4.78 is 14.2. The largest absolute Gasteiger partial charge is 0.321 e. The number of hydrogen-bond donors (Lipinski definition) is 2. The molecule has 8 nitrogen and oxygen atoms in total. The highest BCUT2D eigenvalue weighted by atomic mass is 19.1. The Hall–Kier alpha value is -2.68. The number of anilines is 2. The molecular weight excluding hydrogens is 385 g/mol. The minimum absolute atomic E-state index is 0.0165. The SMILES string of the molecule is Cc1ccc(F)c(Nc2n[nH]c3c2CN(C(=O)N2C[C@@H](C)N(C)C[C@@H]2C)C3(C)C)n1. The van der Waals surface area contributed by atoms with Crippen LogP contribution in [-0.4, -0.2) is 68.1 Å². The summed E-state index contributed by atoms with van der Waals surface area (Å²) in [6.45, 7) is 12.0. The topological polar surface area (TPSA) is 80.4 Å². The van der Waals surface area contributed by atoms with Crippen LogP contribution in [0.15, 0.2) is 12.1 Å². The van der Waals surface area contributed by atoms with Crippen LogP contribution in [0.2, 0.25) is 0 Å². The van der Waals surface area contributed by atoms with Gasteiger partial charge in [0.1, 0.15) is 0 Å². The van der Waals surface area contributed by atoms with E-state index >= 15 is 0 Å². The number of aryl methyl sites for hydroxylation is 1. The molecule has 4 rings (SSSR count). The summed E-state index contributed by atoms with van der Waals surface area (Å²) in [5, 5.41) is 10.4. The molecule has 4 heterocycles. The van der Waals surface area contributed by atoms with Crippen molar-refractivity contribution in [1.29, 1.82) is 0 Å². The van der Waals surface area contributed by atoms with Crippen molar-refractivity contribution in [1.82, 2.24) is 29.9 Å². The minimum Gasteiger partial charge on any atom is -0.321 e. The smallest absolute Gasteiger partial charge is 0.321 e. The molecule has 2 aliphatic heterocycles. The van der Waals surface area contributed by atoms with E-state index in [1.807, 2.05) is 23.6 Å². The second-order valence-corrected chi connectivity index (χ2v) is 9.05. The zero-order valence-corrected chi connectivity index (χ0v) is 18.5. The van der Waals surface area contributed by atoms with Gasteiger partial charge in [-0.3, -0.25) is 10.00 Å². The number of halogens is 1. The first kappa shape index (κ1) is 20.6. The third kappa shape index (κ3) is 3.30. The Balaban J connectivity index is 1.59. The van der Waals surface area contributed by atoms with Gasteiger partial charge in [0.05, 0.1) is 17.8 Å². The van der Waals surface area contributed by atoms with E-state index < -0.39 is 11.4 Å².